The number of nitriles is 2. The van der Waals surface area contributed by atoms with E-state index in [4.69, 9.17) is 15.0 Å². The van der Waals surface area contributed by atoms with Crippen molar-refractivity contribution in [2.75, 3.05) is 60.8 Å². The number of aromatic nitrogens is 3. The average molecular weight is 515 g/mol. The highest BCUT2D eigenvalue weighted by molar-refractivity contribution is 7.99. The van der Waals surface area contributed by atoms with Gasteiger partial charge in [-0.05, 0) is 24.0 Å². The third kappa shape index (κ3) is 5.87. The summed E-state index contributed by atoms with van der Waals surface area (Å²) in [6.45, 7) is 3.71. The molecule has 0 atom stereocenters. The lowest BCUT2D eigenvalue weighted by molar-refractivity contribution is 0.122. The van der Waals surface area contributed by atoms with Crippen LogP contribution in [0.4, 0.5) is 21.6 Å². The van der Waals surface area contributed by atoms with E-state index < -0.39 is 0 Å². The molecule has 1 aliphatic rings. The van der Waals surface area contributed by atoms with Gasteiger partial charge >= 0.3 is 0 Å². The van der Waals surface area contributed by atoms with Gasteiger partial charge in [-0.2, -0.15) is 10.5 Å². The van der Waals surface area contributed by atoms with Crippen LogP contribution in [0.15, 0.2) is 28.2 Å². The van der Waals surface area contributed by atoms with E-state index in [0.29, 0.717) is 40.6 Å². The molecular weight excluding hydrogens is 492 g/mol. The summed E-state index contributed by atoms with van der Waals surface area (Å²) in [5.74, 6) is 1.50. The van der Waals surface area contributed by atoms with Gasteiger partial charge in [0.25, 0.3) is 5.56 Å². The summed E-state index contributed by atoms with van der Waals surface area (Å²) in [5.41, 5.74) is 0.890. The zero-order valence-electron chi connectivity index (χ0n) is 18.4. The molecule has 13 heteroatoms. The highest BCUT2D eigenvalue weighted by Crippen LogP contribution is 2.30. The molecule has 2 N–H and O–H groups in total. The topological polar surface area (TPSA) is 134 Å². The fraction of sp³-hybridized carbons (Fsp3) is 0.381. The largest absolute Gasteiger partial charge is 0.378 e. The van der Waals surface area contributed by atoms with Crippen LogP contribution in [0, 0.1) is 22.7 Å². The molecule has 3 aromatic heterocycles. The summed E-state index contributed by atoms with van der Waals surface area (Å²) in [4.78, 5) is 25.4. The van der Waals surface area contributed by atoms with Crippen LogP contribution in [0.2, 0.25) is 0 Å². The summed E-state index contributed by atoms with van der Waals surface area (Å²) in [6, 6.07) is 8.15. The van der Waals surface area contributed by atoms with E-state index in [2.05, 4.69) is 31.7 Å². The molecular formula is C21H22N8O2S3. The number of aromatic amines is 1. The van der Waals surface area contributed by atoms with Gasteiger partial charge in [0.1, 0.15) is 32.9 Å². The van der Waals surface area contributed by atoms with Crippen molar-refractivity contribution in [3.63, 3.8) is 0 Å². The number of thiazole rings is 1. The number of rotatable bonds is 9. The molecule has 0 bridgehead atoms. The van der Waals surface area contributed by atoms with Crippen LogP contribution in [-0.2, 0) is 4.74 Å². The van der Waals surface area contributed by atoms with E-state index in [-0.39, 0.29) is 11.1 Å². The molecule has 4 rings (SSSR count). The van der Waals surface area contributed by atoms with Crippen LogP contribution in [0.3, 0.4) is 0 Å². The number of anilines is 4. The number of nitrogens with one attached hydrogen (secondary N) is 2. The van der Waals surface area contributed by atoms with Crippen molar-refractivity contribution in [1.82, 2.24) is 14.3 Å². The van der Waals surface area contributed by atoms with Gasteiger partial charge in [0, 0.05) is 44.2 Å². The van der Waals surface area contributed by atoms with Crippen molar-refractivity contribution in [3.05, 3.63) is 39.1 Å². The van der Waals surface area contributed by atoms with Crippen molar-refractivity contribution >= 4 is 56.3 Å². The van der Waals surface area contributed by atoms with Crippen LogP contribution in [0.25, 0.3) is 0 Å². The third-order valence-corrected chi connectivity index (χ3v) is 7.85. The lowest BCUT2D eigenvalue weighted by atomic mass is 10.3. The van der Waals surface area contributed by atoms with Gasteiger partial charge in [0.2, 0.25) is 0 Å². The second kappa shape index (κ2) is 11.4. The molecule has 4 heterocycles. The first kappa shape index (κ1) is 24.0. The molecule has 10 nitrogen and oxygen atoms in total. The maximum Gasteiger partial charge on any atom is 0.278 e. The van der Waals surface area contributed by atoms with Gasteiger partial charge in [0.05, 0.1) is 19.4 Å². The Kier molecular flexibility index (Phi) is 8.03. The molecule has 1 saturated heterocycles. The first-order valence-corrected chi connectivity index (χ1v) is 13.1. The Hall–Kier alpha value is -3.10. The van der Waals surface area contributed by atoms with Gasteiger partial charge in [-0.15, -0.1) is 11.8 Å². The van der Waals surface area contributed by atoms with Crippen molar-refractivity contribution in [3.8, 4) is 12.1 Å². The normalized spacial score (nSPS) is 13.3. The number of morpholine rings is 1. The van der Waals surface area contributed by atoms with Crippen molar-refractivity contribution in [2.45, 2.75) is 11.4 Å². The average Bonchev–Trinajstić information content (AvgIpc) is 3.47. The Morgan fingerprint density at radius 2 is 2.15 bits per heavy atom. The maximum atomic E-state index is 11.7. The van der Waals surface area contributed by atoms with Crippen molar-refractivity contribution in [1.29, 1.82) is 10.5 Å². The molecule has 1 aliphatic heterocycles. The number of nitrogens with zero attached hydrogens (tertiary/aromatic N) is 6. The van der Waals surface area contributed by atoms with Crippen LogP contribution in [0.1, 0.15) is 16.9 Å². The van der Waals surface area contributed by atoms with Gasteiger partial charge in [0.15, 0.2) is 10.7 Å². The number of thioether (sulfide) groups is 1. The Morgan fingerprint density at radius 1 is 1.32 bits per heavy atom. The Balaban J connectivity index is 1.42. The summed E-state index contributed by atoms with van der Waals surface area (Å²) in [7, 11) is 1.88. The Morgan fingerprint density at radius 3 is 2.88 bits per heavy atom. The lowest BCUT2D eigenvalue weighted by Crippen LogP contribution is -2.36. The van der Waals surface area contributed by atoms with E-state index in [1.54, 1.807) is 18.0 Å². The van der Waals surface area contributed by atoms with E-state index in [1.165, 1.54) is 22.9 Å². The first-order valence-electron chi connectivity index (χ1n) is 10.5. The summed E-state index contributed by atoms with van der Waals surface area (Å²) >= 11 is 4.12. The van der Waals surface area contributed by atoms with Crippen LogP contribution >= 0.6 is 34.6 Å². The zero-order valence-corrected chi connectivity index (χ0v) is 20.9. The minimum Gasteiger partial charge on any atom is -0.378 e. The van der Waals surface area contributed by atoms with Gasteiger partial charge in [-0.3, -0.25) is 9.17 Å². The van der Waals surface area contributed by atoms with Crippen LogP contribution in [-0.4, -0.2) is 60.0 Å². The number of hydrogen-bond acceptors (Lipinski definition) is 12. The van der Waals surface area contributed by atoms with Crippen LogP contribution in [0.5, 0.6) is 0 Å². The number of H-pyrrole nitrogens is 1. The fourth-order valence-corrected chi connectivity index (χ4v) is 5.62. The molecule has 1 fully saturated rings. The second-order valence-corrected chi connectivity index (χ2v) is 10.3. The molecule has 0 aromatic carbocycles. The quantitative estimate of drug-likeness (QED) is 0.324. The van der Waals surface area contributed by atoms with E-state index >= 15 is 0 Å². The fourth-order valence-electron chi connectivity index (χ4n) is 3.37. The molecule has 0 spiro atoms. The monoisotopic (exact) mass is 514 g/mol. The minimum absolute atomic E-state index is 0.164. The number of hydrogen-bond donors (Lipinski definition) is 2. The SMILES string of the molecule is CN(CCCSc1cc(N2CCOCC2)cc(Nc2ncc(C#N)s2)n1)c1s[nH]c(=O)c1C#N. The summed E-state index contributed by atoms with van der Waals surface area (Å²) in [5, 5.41) is 23.7. The van der Waals surface area contributed by atoms with E-state index in [9.17, 15) is 10.1 Å². The van der Waals surface area contributed by atoms with Crippen molar-refractivity contribution < 1.29 is 4.74 Å². The lowest BCUT2D eigenvalue weighted by Gasteiger charge is -2.29. The molecule has 0 aliphatic carbocycles. The highest BCUT2D eigenvalue weighted by atomic mass is 32.2. The van der Waals surface area contributed by atoms with E-state index in [1.807, 2.05) is 24.1 Å². The van der Waals surface area contributed by atoms with Crippen molar-refractivity contribution in [2.24, 2.45) is 0 Å². The first-order chi connectivity index (χ1) is 16.6. The number of ether oxygens (including phenoxy) is 1. The Labute approximate surface area is 209 Å². The molecule has 0 unspecified atom stereocenters. The standard InChI is InChI=1S/C21H22N8O2S3/c1-28(20-16(12-23)19(30)27-34-20)3-2-8-32-18-10-14(29-4-6-31-7-5-29)9-17(25-18)26-21-24-13-15(11-22)33-21/h9-10,13H,2-8H2,1H3,(H,27,30)(H,24,25,26). The van der Waals surface area contributed by atoms with Gasteiger partial charge in [-0.1, -0.05) is 11.3 Å². The molecule has 0 amide bonds. The summed E-state index contributed by atoms with van der Waals surface area (Å²) < 4.78 is 8.10. The predicted molar refractivity (Wildman–Crippen MR) is 136 cm³/mol. The maximum absolute atomic E-state index is 11.7. The van der Waals surface area contributed by atoms with Gasteiger partial charge in [-0.25, -0.2) is 9.97 Å². The molecule has 34 heavy (non-hydrogen) atoms. The molecule has 3 aromatic rings. The van der Waals surface area contributed by atoms with Gasteiger partial charge < -0.3 is 19.9 Å². The smallest absolute Gasteiger partial charge is 0.278 e. The molecule has 0 radical (unpaired) electrons. The summed E-state index contributed by atoms with van der Waals surface area (Å²) in [6.07, 6.45) is 2.40. The highest BCUT2D eigenvalue weighted by Gasteiger charge is 2.16. The zero-order chi connectivity index (χ0) is 23.9. The third-order valence-electron chi connectivity index (χ3n) is 5.04. The molecule has 176 valence electrons. The Bertz CT molecular complexity index is 1270. The number of pyridine rings is 1. The second-order valence-electron chi connectivity index (χ2n) is 7.36. The van der Waals surface area contributed by atoms with Crippen LogP contribution < -0.4 is 20.7 Å². The minimum atomic E-state index is -0.338. The predicted octanol–water partition coefficient (Wildman–Crippen LogP) is 3.23. The van der Waals surface area contributed by atoms with E-state index in [0.717, 1.165) is 36.0 Å². The molecule has 0 saturated carbocycles.